The van der Waals surface area contributed by atoms with E-state index < -0.39 is 12.1 Å². The van der Waals surface area contributed by atoms with Gasteiger partial charge in [-0.1, -0.05) is 0 Å². The van der Waals surface area contributed by atoms with Gasteiger partial charge in [0.15, 0.2) is 11.9 Å². The maximum atomic E-state index is 13.1. The third-order valence-corrected chi connectivity index (χ3v) is 6.37. The van der Waals surface area contributed by atoms with Gasteiger partial charge in [0, 0.05) is 18.7 Å². The number of nitrogens with zero attached hydrogens (tertiary/aromatic N) is 1. The fraction of sp³-hybridized carbons (Fsp3) is 0.684. The standard InChI is InChI=1S/C19H25NO3/c1-12(23-18(22)16-4-3-5-20(16)2)17(21)19-9-13-6-14(10-19)8-15(7-13)11-19/h3-5,12-15H,6-11H2,1-2H3. The molecule has 0 saturated heterocycles. The van der Waals surface area contributed by atoms with Gasteiger partial charge in [0.25, 0.3) is 0 Å². The van der Waals surface area contributed by atoms with Crippen molar-refractivity contribution < 1.29 is 14.3 Å². The predicted molar refractivity (Wildman–Crippen MR) is 85.9 cm³/mol. The fourth-order valence-electron chi connectivity index (χ4n) is 5.79. The Morgan fingerprint density at radius 2 is 1.74 bits per heavy atom. The molecule has 5 rings (SSSR count). The minimum atomic E-state index is -0.645. The van der Waals surface area contributed by atoms with Crippen LogP contribution in [-0.4, -0.2) is 22.4 Å². The summed E-state index contributed by atoms with van der Waals surface area (Å²) in [4.78, 5) is 25.4. The molecule has 4 heteroatoms. The highest BCUT2D eigenvalue weighted by Gasteiger charge is 2.55. The van der Waals surface area contributed by atoms with E-state index in [4.69, 9.17) is 4.74 Å². The summed E-state index contributed by atoms with van der Waals surface area (Å²) in [6, 6.07) is 3.53. The molecular formula is C19H25NO3. The van der Waals surface area contributed by atoms with E-state index in [1.165, 1.54) is 19.3 Å². The molecule has 4 fully saturated rings. The van der Waals surface area contributed by atoms with Crippen molar-refractivity contribution in [3.05, 3.63) is 24.0 Å². The molecule has 4 aliphatic rings. The second kappa shape index (κ2) is 5.22. The van der Waals surface area contributed by atoms with Crippen LogP contribution in [0, 0.1) is 23.2 Å². The Balaban J connectivity index is 1.48. The molecule has 4 aliphatic carbocycles. The van der Waals surface area contributed by atoms with Crippen molar-refractivity contribution in [2.24, 2.45) is 30.2 Å². The maximum Gasteiger partial charge on any atom is 0.355 e. The first-order chi connectivity index (χ1) is 11.0. The molecule has 4 bridgehead atoms. The van der Waals surface area contributed by atoms with E-state index in [1.807, 2.05) is 19.3 Å². The zero-order chi connectivity index (χ0) is 16.2. The highest BCUT2D eigenvalue weighted by Crippen LogP contribution is 2.60. The van der Waals surface area contributed by atoms with Gasteiger partial charge in [-0.25, -0.2) is 4.79 Å². The van der Waals surface area contributed by atoms with Crippen LogP contribution < -0.4 is 0 Å². The Morgan fingerprint density at radius 1 is 1.17 bits per heavy atom. The Bertz CT molecular complexity index is 610. The largest absolute Gasteiger partial charge is 0.450 e. The van der Waals surface area contributed by atoms with Crippen molar-refractivity contribution in [1.82, 2.24) is 4.57 Å². The van der Waals surface area contributed by atoms with Crippen LogP contribution in [0.4, 0.5) is 0 Å². The van der Waals surface area contributed by atoms with Crippen LogP contribution in [0.15, 0.2) is 18.3 Å². The van der Waals surface area contributed by atoms with Crippen LogP contribution >= 0.6 is 0 Å². The number of carbonyl (C=O) groups excluding carboxylic acids is 2. The zero-order valence-corrected chi connectivity index (χ0v) is 14.0. The maximum absolute atomic E-state index is 13.1. The van der Waals surface area contributed by atoms with Crippen molar-refractivity contribution in [2.45, 2.75) is 51.6 Å². The topological polar surface area (TPSA) is 48.3 Å². The van der Waals surface area contributed by atoms with Crippen molar-refractivity contribution in [3.63, 3.8) is 0 Å². The number of aromatic nitrogens is 1. The molecule has 0 aromatic carbocycles. The highest BCUT2D eigenvalue weighted by atomic mass is 16.5. The first-order valence-electron chi connectivity index (χ1n) is 8.83. The van der Waals surface area contributed by atoms with Crippen molar-refractivity contribution in [3.8, 4) is 0 Å². The molecule has 4 nitrogen and oxygen atoms in total. The van der Waals surface area contributed by atoms with Crippen LogP contribution in [-0.2, 0) is 16.6 Å². The van der Waals surface area contributed by atoms with Crippen molar-refractivity contribution in [2.75, 3.05) is 0 Å². The summed E-state index contributed by atoms with van der Waals surface area (Å²) in [7, 11) is 1.81. The van der Waals surface area contributed by atoms with E-state index in [1.54, 1.807) is 17.6 Å². The molecule has 0 amide bonds. The lowest BCUT2D eigenvalue weighted by atomic mass is 9.48. The average molecular weight is 315 g/mol. The molecular weight excluding hydrogens is 290 g/mol. The van der Waals surface area contributed by atoms with Gasteiger partial charge in [0.2, 0.25) is 0 Å². The molecule has 0 radical (unpaired) electrons. The van der Waals surface area contributed by atoms with Gasteiger partial charge >= 0.3 is 5.97 Å². The summed E-state index contributed by atoms with van der Waals surface area (Å²) in [5.41, 5.74) is 0.290. The van der Waals surface area contributed by atoms with Gasteiger partial charge in [0.1, 0.15) is 5.69 Å². The van der Waals surface area contributed by atoms with Gasteiger partial charge in [0.05, 0.1) is 0 Å². The smallest absolute Gasteiger partial charge is 0.355 e. The van der Waals surface area contributed by atoms with E-state index in [9.17, 15) is 9.59 Å². The quantitative estimate of drug-likeness (QED) is 0.801. The third kappa shape index (κ3) is 2.43. The molecule has 0 N–H and O–H groups in total. The van der Waals surface area contributed by atoms with Crippen LogP contribution in [0.3, 0.4) is 0 Å². The van der Waals surface area contributed by atoms with Crippen LogP contribution in [0.5, 0.6) is 0 Å². The molecule has 0 aliphatic heterocycles. The van der Waals surface area contributed by atoms with Crippen molar-refractivity contribution in [1.29, 1.82) is 0 Å². The molecule has 0 spiro atoms. The lowest BCUT2D eigenvalue weighted by Gasteiger charge is -2.56. The number of Topliss-reactive ketones (excluding diaryl/α,β-unsaturated/α-hetero) is 1. The number of aryl methyl sites for hydroxylation is 1. The molecule has 23 heavy (non-hydrogen) atoms. The second-order valence-corrected chi connectivity index (χ2v) is 8.11. The lowest BCUT2D eigenvalue weighted by Crippen LogP contribution is -2.52. The average Bonchev–Trinajstić information content (AvgIpc) is 2.91. The first-order valence-corrected chi connectivity index (χ1v) is 8.83. The Labute approximate surface area is 137 Å². The number of ketones is 1. The summed E-state index contributed by atoms with van der Waals surface area (Å²) < 4.78 is 7.24. The number of ether oxygens (including phenoxy) is 1. The third-order valence-electron chi connectivity index (χ3n) is 6.37. The molecule has 1 unspecified atom stereocenters. The molecule has 1 aromatic rings. The molecule has 1 heterocycles. The first kappa shape index (κ1) is 15.0. The number of rotatable bonds is 4. The Morgan fingerprint density at radius 3 is 2.22 bits per heavy atom. The Kier molecular flexibility index (Phi) is 3.40. The molecule has 1 aromatic heterocycles. The molecule has 4 saturated carbocycles. The summed E-state index contributed by atoms with van der Waals surface area (Å²) in [5.74, 6) is 1.94. The fourth-order valence-corrected chi connectivity index (χ4v) is 5.79. The van der Waals surface area contributed by atoms with Gasteiger partial charge in [-0.2, -0.15) is 0 Å². The summed E-state index contributed by atoms with van der Waals surface area (Å²) in [6.07, 6.45) is 8.14. The number of esters is 1. The monoisotopic (exact) mass is 315 g/mol. The van der Waals surface area contributed by atoms with Crippen LogP contribution in [0.1, 0.15) is 55.9 Å². The van der Waals surface area contributed by atoms with Gasteiger partial charge in [-0.05, 0) is 75.3 Å². The van der Waals surface area contributed by atoms with E-state index in [0.29, 0.717) is 5.69 Å². The van der Waals surface area contributed by atoms with E-state index in [0.717, 1.165) is 37.0 Å². The normalized spacial score (nSPS) is 36.0. The number of carbonyl (C=O) groups is 2. The molecule has 1 atom stereocenters. The summed E-state index contributed by atoms with van der Waals surface area (Å²) in [6.45, 7) is 1.75. The summed E-state index contributed by atoms with van der Waals surface area (Å²) >= 11 is 0. The van der Waals surface area contributed by atoms with Crippen LogP contribution in [0.2, 0.25) is 0 Å². The molecule has 124 valence electrons. The van der Waals surface area contributed by atoms with E-state index in [-0.39, 0.29) is 11.2 Å². The Hall–Kier alpha value is -1.58. The lowest BCUT2D eigenvalue weighted by molar-refractivity contribution is -0.152. The SMILES string of the molecule is CC(OC(=O)c1cccn1C)C(=O)C12CC3CC(CC(C3)C1)C2. The second-order valence-electron chi connectivity index (χ2n) is 8.11. The minimum absolute atomic E-state index is 0.166. The summed E-state index contributed by atoms with van der Waals surface area (Å²) in [5, 5.41) is 0. The van der Waals surface area contributed by atoms with Gasteiger partial charge in [-0.3, -0.25) is 4.79 Å². The predicted octanol–water partition coefficient (Wildman–Crippen LogP) is 3.36. The zero-order valence-electron chi connectivity index (χ0n) is 14.0. The highest BCUT2D eigenvalue weighted by molar-refractivity contribution is 5.94. The van der Waals surface area contributed by atoms with E-state index in [2.05, 4.69) is 0 Å². The van der Waals surface area contributed by atoms with Gasteiger partial charge < -0.3 is 9.30 Å². The minimum Gasteiger partial charge on any atom is -0.450 e. The van der Waals surface area contributed by atoms with E-state index >= 15 is 0 Å². The number of hydrogen-bond acceptors (Lipinski definition) is 3. The number of hydrogen-bond donors (Lipinski definition) is 0. The van der Waals surface area contributed by atoms with Crippen molar-refractivity contribution >= 4 is 11.8 Å². The van der Waals surface area contributed by atoms with Gasteiger partial charge in [-0.15, -0.1) is 0 Å². The van der Waals surface area contributed by atoms with Crippen LogP contribution in [0.25, 0.3) is 0 Å².